The summed E-state index contributed by atoms with van der Waals surface area (Å²) in [7, 11) is -2.76. The number of allylic oxidation sites excluding steroid dienone is 2. The second-order valence-corrected chi connectivity index (χ2v) is 13.3. The molecule has 0 unspecified atom stereocenters. The first-order valence-corrected chi connectivity index (χ1v) is 13.1. The third kappa shape index (κ3) is 5.58. The predicted octanol–water partition coefficient (Wildman–Crippen LogP) is 4.96. The van der Waals surface area contributed by atoms with Gasteiger partial charge in [0, 0.05) is 0 Å². The fraction of sp³-hybridized carbons (Fsp3) is 0.200. The van der Waals surface area contributed by atoms with E-state index >= 15 is 0 Å². The van der Waals surface area contributed by atoms with Crippen LogP contribution in [-0.4, -0.2) is 21.1 Å². The topological polar surface area (TPSA) is 17.1 Å². The van der Waals surface area contributed by atoms with E-state index in [1.54, 1.807) is 0 Å². The molecule has 144 valence electrons. The van der Waals surface area contributed by atoms with Gasteiger partial charge in [-0.1, -0.05) is 0 Å². The Hall–Kier alpha value is -1.85. The Morgan fingerprint density at radius 1 is 0.786 bits per heavy atom. The maximum atomic E-state index is 14.5. The van der Waals surface area contributed by atoms with Crippen molar-refractivity contribution in [3.63, 3.8) is 0 Å². The van der Waals surface area contributed by atoms with Crippen molar-refractivity contribution in [1.82, 2.24) is 0 Å². The Morgan fingerprint density at radius 2 is 1.21 bits per heavy atom. The summed E-state index contributed by atoms with van der Waals surface area (Å²) in [6.07, 6.45) is 2.92. The molecule has 0 N–H and O–H groups in total. The molecule has 1 nitrogen and oxygen atoms in total. The van der Waals surface area contributed by atoms with Crippen LogP contribution in [0.2, 0.25) is 0 Å². The molecule has 28 heavy (non-hydrogen) atoms. The first-order valence-electron chi connectivity index (χ1n) is 9.52. The van der Waals surface area contributed by atoms with E-state index in [9.17, 15) is 4.57 Å². The monoisotopic (exact) mass is 454 g/mol. The van der Waals surface area contributed by atoms with E-state index in [2.05, 4.69) is 51.1 Å². The third-order valence-electron chi connectivity index (χ3n) is 4.31. The Labute approximate surface area is 175 Å². The van der Waals surface area contributed by atoms with Crippen molar-refractivity contribution in [2.24, 2.45) is 5.41 Å². The molecule has 0 atom stereocenters. The van der Waals surface area contributed by atoms with Crippen LogP contribution >= 0.6 is 7.14 Å². The van der Waals surface area contributed by atoms with E-state index in [4.69, 9.17) is 0 Å². The second-order valence-electron chi connectivity index (χ2n) is 7.96. The second kappa shape index (κ2) is 9.10. The van der Waals surface area contributed by atoms with Crippen molar-refractivity contribution >= 4 is 37.2 Å². The van der Waals surface area contributed by atoms with Crippen molar-refractivity contribution in [3.05, 3.63) is 102 Å². The molecular weight excluding hydrogens is 426 g/mol. The molecule has 0 aromatic heterocycles. The normalized spacial score (nSPS) is 12.8. The Balaban J connectivity index is 2.06. The molecule has 0 bridgehead atoms. The molecule has 3 aromatic carbocycles. The average Bonchev–Trinajstić information content (AvgIpc) is 2.69. The van der Waals surface area contributed by atoms with E-state index in [-0.39, 0.29) is 20.4 Å². The Morgan fingerprint density at radius 3 is 1.64 bits per heavy atom. The predicted molar refractivity (Wildman–Crippen MR) is 124 cm³/mol. The van der Waals surface area contributed by atoms with Crippen LogP contribution in [0.25, 0.3) is 0 Å². The summed E-state index contributed by atoms with van der Waals surface area (Å²) in [5.74, 6) is 0. The van der Waals surface area contributed by atoms with Crippen LogP contribution in [0, 0.1) is 5.41 Å². The van der Waals surface area contributed by atoms with Crippen molar-refractivity contribution < 1.29 is 4.57 Å². The van der Waals surface area contributed by atoms with Crippen LogP contribution in [0.1, 0.15) is 20.8 Å². The van der Waals surface area contributed by atoms with E-state index in [0.29, 0.717) is 6.16 Å². The minimum absolute atomic E-state index is 0.0457. The van der Waals surface area contributed by atoms with Gasteiger partial charge in [-0.25, -0.2) is 0 Å². The Kier molecular flexibility index (Phi) is 6.78. The molecule has 0 saturated carbocycles. The first kappa shape index (κ1) is 20.9. The molecule has 3 heteroatoms. The number of benzene rings is 3. The van der Waals surface area contributed by atoms with Gasteiger partial charge in [0.05, 0.1) is 0 Å². The van der Waals surface area contributed by atoms with Gasteiger partial charge in [-0.15, -0.1) is 0 Å². The van der Waals surface area contributed by atoms with Gasteiger partial charge in [-0.05, 0) is 0 Å². The molecule has 0 saturated heterocycles. The third-order valence-corrected chi connectivity index (χ3v) is 10.0. The zero-order valence-electron chi connectivity index (χ0n) is 16.7. The van der Waals surface area contributed by atoms with Crippen molar-refractivity contribution in [1.29, 1.82) is 0 Å². The van der Waals surface area contributed by atoms with Crippen LogP contribution < -0.4 is 15.1 Å². The van der Waals surface area contributed by atoms with E-state index in [1.807, 2.05) is 66.7 Å². The molecule has 0 spiro atoms. The average molecular weight is 453 g/mol. The number of hydrogen-bond donors (Lipinski definition) is 0. The molecule has 0 aliphatic heterocycles. The van der Waals surface area contributed by atoms with E-state index in [1.165, 1.54) is 8.93 Å². The Bertz CT molecular complexity index is 914. The standard InChI is InChI=1S/C25H27OPSe/c1-25(2,3)19-24(28-23-17-11-6-12-18-23)20-27(26,21-13-7-4-8-14-21)22-15-9-5-10-16-22/h4-19H,20H2,1-3H3/b24-19-. The van der Waals surface area contributed by atoms with Gasteiger partial charge in [0.15, 0.2) is 0 Å². The number of rotatable bonds is 6. The van der Waals surface area contributed by atoms with Crippen LogP contribution in [-0.2, 0) is 4.57 Å². The van der Waals surface area contributed by atoms with Gasteiger partial charge in [-0.3, -0.25) is 0 Å². The summed E-state index contributed by atoms with van der Waals surface area (Å²) in [4.78, 5) is 0. The van der Waals surface area contributed by atoms with Gasteiger partial charge in [-0.2, -0.15) is 0 Å². The van der Waals surface area contributed by atoms with Gasteiger partial charge in [0.1, 0.15) is 0 Å². The van der Waals surface area contributed by atoms with E-state index in [0.717, 1.165) is 10.6 Å². The minimum atomic E-state index is -2.76. The molecule has 0 amide bonds. The number of hydrogen-bond acceptors (Lipinski definition) is 1. The van der Waals surface area contributed by atoms with Crippen LogP contribution in [0.15, 0.2) is 102 Å². The fourth-order valence-electron chi connectivity index (χ4n) is 3.12. The van der Waals surface area contributed by atoms with Crippen LogP contribution in [0.3, 0.4) is 0 Å². The quantitative estimate of drug-likeness (QED) is 0.381. The van der Waals surface area contributed by atoms with Crippen molar-refractivity contribution in [2.75, 3.05) is 6.16 Å². The van der Waals surface area contributed by atoms with Gasteiger partial charge < -0.3 is 0 Å². The summed E-state index contributed by atoms with van der Waals surface area (Å²) < 4.78 is 17.1. The molecule has 3 rings (SSSR count). The summed E-state index contributed by atoms with van der Waals surface area (Å²) in [6, 6.07) is 30.5. The molecule has 3 aromatic rings. The zero-order valence-corrected chi connectivity index (χ0v) is 19.3. The van der Waals surface area contributed by atoms with E-state index < -0.39 is 7.14 Å². The molecule has 0 radical (unpaired) electrons. The summed E-state index contributed by atoms with van der Waals surface area (Å²) in [5.41, 5.74) is 0.0457. The molecule has 0 aliphatic rings. The molecule has 0 fully saturated rings. The van der Waals surface area contributed by atoms with Crippen LogP contribution in [0.4, 0.5) is 0 Å². The van der Waals surface area contributed by atoms with Crippen molar-refractivity contribution in [2.45, 2.75) is 20.8 Å². The summed E-state index contributed by atoms with van der Waals surface area (Å²) in [6.45, 7) is 6.64. The first-order chi connectivity index (χ1) is 13.4. The summed E-state index contributed by atoms with van der Waals surface area (Å²) in [5, 5.41) is 1.87. The molecular formula is C25H27OPSe. The fourth-order valence-corrected chi connectivity index (χ4v) is 9.35. The van der Waals surface area contributed by atoms with Gasteiger partial charge in [0.25, 0.3) is 0 Å². The zero-order chi connectivity index (χ0) is 20.0. The van der Waals surface area contributed by atoms with Gasteiger partial charge in [0.2, 0.25) is 0 Å². The maximum absolute atomic E-state index is 14.5. The molecule has 0 heterocycles. The SMILES string of the molecule is CC(C)(C)/C=C(/CP(=O)(c1ccccc1)c1ccccc1)[Se]c1ccccc1. The molecule has 0 aliphatic carbocycles. The van der Waals surface area contributed by atoms with Crippen LogP contribution in [0.5, 0.6) is 0 Å². The van der Waals surface area contributed by atoms with Crippen molar-refractivity contribution in [3.8, 4) is 0 Å². The van der Waals surface area contributed by atoms with Gasteiger partial charge >= 0.3 is 176 Å². The summed E-state index contributed by atoms with van der Waals surface area (Å²) >= 11 is 0.147.